The first-order valence-corrected chi connectivity index (χ1v) is 10.9. The Bertz CT molecular complexity index is 472. The molecule has 0 aliphatic rings. The highest BCUT2D eigenvalue weighted by Crippen LogP contribution is 2.44. The number of aromatic nitrogens is 2. The maximum atomic E-state index is 11.4. The second kappa shape index (κ2) is 10.2. The molecular formula is C16H25Br3N2O. The molecule has 1 heterocycles. The Morgan fingerprint density at radius 2 is 2.00 bits per heavy atom. The molecule has 0 bridgehead atoms. The van der Waals surface area contributed by atoms with Gasteiger partial charge in [0.1, 0.15) is 0 Å². The maximum Gasteiger partial charge on any atom is 0.264 e. The molecule has 1 aromatic heterocycles. The molecule has 0 saturated carbocycles. The lowest BCUT2D eigenvalue weighted by atomic mass is 9.65. The van der Waals surface area contributed by atoms with E-state index in [0.29, 0.717) is 9.65 Å². The largest absolute Gasteiger partial charge is 0.268 e. The van der Waals surface area contributed by atoms with E-state index < -0.39 is 0 Å². The molecule has 0 aromatic carbocycles. The van der Waals surface area contributed by atoms with Crippen molar-refractivity contribution < 1.29 is 0 Å². The molecule has 126 valence electrons. The number of alkyl halides is 3. The molecule has 0 radical (unpaired) electrons. The summed E-state index contributed by atoms with van der Waals surface area (Å²) in [6, 6.07) is 3.51. The zero-order valence-electron chi connectivity index (χ0n) is 13.2. The predicted octanol–water partition coefficient (Wildman–Crippen LogP) is 5.52. The summed E-state index contributed by atoms with van der Waals surface area (Å²) in [7, 11) is 0. The van der Waals surface area contributed by atoms with Crippen LogP contribution in [0.1, 0.15) is 58.1 Å². The average molecular weight is 501 g/mol. The first-order valence-electron chi connectivity index (χ1n) is 7.90. The zero-order valence-corrected chi connectivity index (χ0v) is 18.0. The second-order valence-electron chi connectivity index (χ2n) is 5.69. The summed E-state index contributed by atoms with van der Waals surface area (Å²) in [6.07, 6.45) is 6.58. The molecule has 22 heavy (non-hydrogen) atoms. The van der Waals surface area contributed by atoms with Gasteiger partial charge in [0.2, 0.25) is 0 Å². The molecule has 0 fully saturated rings. The van der Waals surface area contributed by atoms with Gasteiger partial charge in [-0.1, -0.05) is 74.5 Å². The lowest BCUT2D eigenvalue weighted by molar-refractivity contribution is 0.211. The van der Waals surface area contributed by atoms with Gasteiger partial charge < -0.3 is 0 Å². The Kier molecular flexibility index (Phi) is 9.48. The van der Waals surface area contributed by atoms with Gasteiger partial charge in [0.05, 0.1) is 9.43 Å². The van der Waals surface area contributed by atoms with Crippen molar-refractivity contribution in [1.82, 2.24) is 10.2 Å². The van der Waals surface area contributed by atoms with Gasteiger partial charge in [-0.3, -0.25) is 4.79 Å². The Morgan fingerprint density at radius 3 is 2.45 bits per heavy atom. The number of hydrogen-bond donors (Lipinski definition) is 1. The summed E-state index contributed by atoms with van der Waals surface area (Å²) in [5.41, 5.74) is 0.902. The summed E-state index contributed by atoms with van der Waals surface area (Å²) < 4.78 is 0.301. The van der Waals surface area contributed by atoms with Crippen molar-refractivity contribution in [3.8, 4) is 0 Å². The van der Waals surface area contributed by atoms with Crippen LogP contribution in [0.5, 0.6) is 0 Å². The normalized spacial score (nSPS) is 15.7. The quantitative estimate of drug-likeness (QED) is 0.340. The molecular weight excluding hydrogens is 476 g/mol. The SMILES string of the molecule is CCC(CC(Br)Br)C(CC)(CCCCBr)c1ccc(=O)[nH]n1. The van der Waals surface area contributed by atoms with E-state index in [-0.39, 0.29) is 11.0 Å². The lowest BCUT2D eigenvalue weighted by Gasteiger charge is -2.40. The minimum atomic E-state index is -0.138. The summed E-state index contributed by atoms with van der Waals surface area (Å²) in [4.78, 5) is 11.4. The third-order valence-electron chi connectivity index (χ3n) is 4.56. The molecule has 1 rings (SSSR count). The van der Waals surface area contributed by atoms with Crippen LogP contribution in [-0.2, 0) is 5.41 Å². The van der Waals surface area contributed by atoms with E-state index >= 15 is 0 Å². The van der Waals surface area contributed by atoms with Crippen LogP contribution in [0.4, 0.5) is 0 Å². The van der Waals surface area contributed by atoms with Crippen LogP contribution in [-0.4, -0.2) is 19.3 Å². The molecule has 2 atom stereocenters. The maximum absolute atomic E-state index is 11.4. The number of nitrogens with one attached hydrogen (secondary N) is 1. The van der Waals surface area contributed by atoms with E-state index in [1.165, 1.54) is 0 Å². The summed E-state index contributed by atoms with van der Waals surface area (Å²) >= 11 is 10.8. The number of hydrogen-bond acceptors (Lipinski definition) is 2. The van der Waals surface area contributed by atoms with Crippen molar-refractivity contribution in [1.29, 1.82) is 0 Å². The zero-order chi connectivity index (χ0) is 16.6. The van der Waals surface area contributed by atoms with Crippen molar-refractivity contribution in [2.24, 2.45) is 5.92 Å². The molecule has 0 saturated heterocycles. The van der Waals surface area contributed by atoms with Crippen LogP contribution in [0.15, 0.2) is 16.9 Å². The van der Waals surface area contributed by atoms with Gasteiger partial charge in [0.25, 0.3) is 5.56 Å². The summed E-state index contributed by atoms with van der Waals surface area (Å²) in [6.45, 7) is 4.48. The standard InChI is InChI=1S/C16H25Br3N2O/c1-3-12(11-14(18)19)16(4-2,9-5-6-10-17)13-7-8-15(22)21-20-13/h7-8,12,14H,3-6,9-11H2,1-2H3,(H,21,22). The molecule has 2 unspecified atom stereocenters. The summed E-state index contributed by atoms with van der Waals surface area (Å²) in [5, 5.41) is 8.05. The fraction of sp³-hybridized carbons (Fsp3) is 0.750. The van der Waals surface area contributed by atoms with Gasteiger partial charge in [0, 0.05) is 16.8 Å². The molecule has 0 spiro atoms. The van der Waals surface area contributed by atoms with Crippen LogP contribution in [0, 0.1) is 5.92 Å². The molecule has 1 aromatic rings. The monoisotopic (exact) mass is 498 g/mol. The Balaban J connectivity index is 3.19. The average Bonchev–Trinajstić information content (AvgIpc) is 2.51. The van der Waals surface area contributed by atoms with E-state index in [1.54, 1.807) is 6.07 Å². The third kappa shape index (κ3) is 5.45. The minimum Gasteiger partial charge on any atom is -0.268 e. The topological polar surface area (TPSA) is 45.8 Å². The van der Waals surface area contributed by atoms with E-state index in [0.717, 1.165) is 49.5 Å². The molecule has 6 heteroatoms. The highest BCUT2D eigenvalue weighted by Gasteiger charge is 2.39. The van der Waals surface area contributed by atoms with E-state index in [9.17, 15) is 4.79 Å². The fourth-order valence-electron chi connectivity index (χ4n) is 3.34. The van der Waals surface area contributed by atoms with Crippen molar-refractivity contribution in [2.75, 3.05) is 5.33 Å². The fourth-order valence-corrected chi connectivity index (χ4v) is 4.64. The number of rotatable bonds is 10. The first-order chi connectivity index (χ1) is 10.5. The van der Waals surface area contributed by atoms with Gasteiger partial charge in [0.15, 0.2) is 0 Å². The van der Waals surface area contributed by atoms with Crippen LogP contribution in [0.3, 0.4) is 0 Å². The van der Waals surface area contributed by atoms with Crippen LogP contribution >= 0.6 is 47.8 Å². The van der Waals surface area contributed by atoms with Gasteiger partial charge >= 0.3 is 0 Å². The summed E-state index contributed by atoms with van der Waals surface area (Å²) in [5.74, 6) is 0.509. The molecule has 0 aliphatic heterocycles. The smallest absolute Gasteiger partial charge is 0.264 e. The lowest BCUT2D eigenvalue weighted by Crippen LogP contribution is -2.37. The van der Waals surface area contributed by atoms with Gasteiger partial charge in [-0.05, 0) is 37.7 Å². The van der Waals surface area contributed by atoms with E-state index in [4.69, 9.17) is 0 Å². The first kappa shape index (κ1) is 20.4. The van der Waals surface area contributed by atoms with Crippen molar-refractivity contribution in [3.63, 3.8) is 0 Å². The van der Waals surface area contributed by atoms with Gasteiger partial charge in [-0.25, -0.2) is 5.10 Å². The number of H-pyrrole nitrogens is 1. The number of halogens is 3. The van der Waals surface area contributed by atoms with E-state index in [2.05, 4.69) is 71.8 Å². The van der Waals surface area contributed by atoms with Crippen LogP contribution in [0.25, 0.3) is 0 Å². The molecule has 0 aliphatic carbocycles. The highest BCUT2D eigenvalue weighted by molar-refractivity contribution is 9.24. The van der Waals surface area contributed by atoms with Crippen molar-refractivity contribution >= 4 is 47.8 Å². The number of unbranched alkanes of at least 4 members (excludes halogenated alkanes) is 1. The Morgan fingerprint density at radius 1 is 1.27 bits per heavy atom. The molecule has 3 nitrogen and oxygen atoms in total. The van der Waals surface area contributed by atoms with E-state index in [1.807, 2.05) is 6.07 Å². The minimum absolute atomic E-state index is 0.0148. The third-order valence-corrected chi connectivity index (χ3v) is 5.87. The van der Waals surface area contributed by atoms with Crippen LogP contribution in [0.2, 0.25) is 0 Å². The Labute approximate surface area is 158 Å². The number of nitrogens with zero attached hydrogens (tertiary/aromatic N) is 1. The highest BCUT2D eigenvalue weighted by atomic mass is 79.9. The predicted molar refractivity (Wildman–Crippen MR) is 105 cm³/mol. The van der Waals surface area contributed by atoms with Crippen molar-refractivity contribution in [3.05, 3.63) is 28.2 Å². The number of aromatic amines is 1. The Hall–Kier alpha value is 0.320. The second-order valence-corrected chi connectivity index (χ2v) is 9.93. The van der Waals surface area contributed by atoms with Gasteiger partial charge in [-0.15, -0.1) is 0 Å². The van der Waals surface area contributed by atoms with Crippen molar-refractivity contribution in [2.45, 2.75) is 61.5 Å². The van der Waals surface area contributed by atoms with Gasteiger partial charge in [-0.2, -0.15) is 5.10 Å². The molecule has 0 amide bonds. The van der Waals surface area contributed by atoms with Crippen LogP contribution < -0.4 is 5.56 Å². The molecule has 1 N–H and O–H groups in total.